The maximum absolute atomic E-state index is 11.4. The average Bonchev–Trinajstić information content (AvgIpc) is 2.27. The minimum atomic E-state index is -0.135. The Morgan fingerprint density at radius 1 is 1.24 bits per heavy atom. The molecule has 0 N–H and O–H groups in total. The van der Waals surface area contributed by atoms with Crippen molar-refractivity contribution in [1.29, 1.82) is 5.26 Å². The van der Waals surface area contributed by atoms with Gasteiger partial charge in [-0.25, -0.2) is 0 Å². The first kappa shape index (κ1) is 11.8. The zero-order valence-corrected chi connectivity index (χ0v) is 9.83. The number of hydrogen-bond donors (Lipinski definition) is 0. The molecule has 0 aliphatic heterocycles. The molecule has 0 atom stereocenters. The molecule has 1 aromatic rings. The van der Waals surface area contributed by atoms with Gasteiger partial charge in [0.1, 0.15) is 11.6 Å². The second kappa shape index (κ2) is 4.68. The summed E-state index contributed by atoms with van der Waals surface area (Å²) in [5.41, 5.74) is 1.26. The third-order valence-corrected chi connectivity index (χ3v) is 3.24. The lowest BCUT2D eigenvalue weighted by molar-refractivity contribution is -0.130. The number of nitriles is 1. The van der Waals surface area contributed by atoms with E-state index in [0.717, 1.165) is 5.56 Å². The molecule has 2 rings (SSSR count). The van der Waals surface area contributed by atoms with Crippen LogP contribution in [0.2, 0.25) is 5.02 Å². The molecule has 86 valence electrons. The van der Waals surface area contributed by atoms with E-state index in [1.807, 2.05) is 6.07 Å². The van der Waals surface area contributed by atoms with Gasteiger partial charge >= 0.3 is 0 Å². The number of benzene rings is 1. The van der Waals surface area contributed by atoms with Gasteiger partial charge < -0.3 is 0 Å². The second-order valence-electron chi connectivity index (χ2n) is 4.21. The summed E-state index contributed by atoms with van der Waals surface area (Å²) in [5, 5.41) is 9.19. The van der Waals surface area contributed by atoms with Gasteiger partial charge in [0.25, 0.3) is 0 Å². The molecule has 0 unspecified atom stereocenters. The Labute approximate surface area is 104 Å². The lowest BCUT2D eigenvalue weighted by Gasteiger charge is -2.21. The van der Waals surface area contributed by atoms with E-state index in [-0.39, 0.29) is 23.9 Å². The van der Waals surface area contributed by atoms with Crippen molar-refractivity contribution in [2.45, 2.75) is 25.2 Å². The van der Waals surface area contributed by atoms with Crippen molar-refractivity contribution in [3.8, 4) is 6.07 Å². The molecule has 1 aliphatic rings. The predicted molar refractivity (Wildman–Crippen MR) is 62.8 cm³/mol. The quantitative estimate of drug-likeness (QED) is 0.717. The molecule has 0 bridgehead atoms. The number of nitrogens with zero attached hydrogens (tertiary/aromatic N) is 1. The minimum absolute atomic E-state index is 0.0355. The third kappa shape index (κ3) is 2.54. The monoisotopic (exact) mass is 247 g/mol. The van der Waals surface area contributed by atoms with Gasteiger partial charge in [0, 0.05) is 17.9 Å². The zero-order valence-electron chi connectivity index (χ0n) is 9.07. The summed E-state index contributed by atoms with van der Waals surface area (Å²) in [4.78, 5) is 22.8. The normalized spacial score (nSPS) is 16.9. The SMILES string of the molecule is N#Cc1ccc(C2CC(=O)CC(=O)C2)c(Cl)c1. The molecular formula is C13H10ClNO2. The highest BCUT2D eigenvalue weighted by Gasteiger charge is 2.27. The van der Waals surface area contributed by atoms with E-state index in [4.69, 9.17) is 16.9 Å². The second-order valence-corrected chi connectivity index (χ2v) is 4.61. The molecule has 0 radical (unpaired) electrons. The fourth-order valence-corrected chi connectivity index (χ4v) is 2.47. The van der Waals surface area contributed by atoms with Crippen LogP contribution in [-0.4, -0.2) is 11.6 Å². The molecule has 0 spiro atoms. The van der Waals surface area contributed by atoms with Crippen LogP contribution in [0.25, 0.3) is 0 Å². The van der Waals surface area contributed by atoms with E-state index in [1.165, 1.54) is 0 Å². The number of ketones is 2. The number of halogens is 1. The smallest absolute Gasteiger partial charge is 0.140 e. The first-order valence-corrected chi connectivity index (χ1v) is 5.71. The molecule has 0 amide bonds. The van der Waals surface area contributed by atoms with Gasteiger partial charge in [-0.15, -0.1) is 0 Å². The molecule has 1 aliphatic carbocycles. The van der Waals surface area contributed by atoms with E-state index in [9.17, 15) is 9.59 Å². The zero-order chi connectivity index (χ0) is 12.4. The van der Waals surface area contributed by atoms with Crippen LogP contribution in [0.3, 0.4) is 0 Å². The Bertz CT molecular complexity index is 515. The highest BCUT2D eigenvalue weighted by atomic mass is 35.5. The molecule has 4 heteroatoms. The van der Waals surface area contributed by atoms with Gasteiger partial charge in [0.15, 0.2) is 0 Å². The Morgan fingerprint density at radius 3 is 2.41 bits per heavy atom. The van der Waals surface area contributed by atoms with Crippen molar-refractivity contribution in [3.05, 3.63) is 34.3 Å². The first-order valence-electron chi connectivity index (χ1n) is 5.33. The maximum Gasteiger partial charge on any atom is 0.140 e. The Kier molecular flexibility index (Phi) is 3.26. The summed E-state index contributed by atoms with van der Waals surface area (Å²) in [7, 11) is 0. The van der Waals surface area contributed by atoms with Crippen molar-refractivity contribution in [1.82, 2.24) is 0 Å². The first-order chi connectivity index (χ1) is 8.10. The summed E-state index contributed by atoms with van der Waals surface area (Å²) < 4.78 is 0. The van der Waals surface area contributed by atoms with Gasteiger partial charge in [-0.3, -0.25) is 9.59 Å². The Balaban J connectivity index is 2.31. The van der Waals surface area contributed by atoms with Gasteiger partial charge in [0.05, 0.1) is 18.1 Å². The van der Waals surface area contributed by atoms with Crippen LogP contribution in [0, 0.1) is 11.3 Å². The van der Waals surface area contributed by atoms with Crippen molar-refractivity contribution < 1.29 is 9.59 Å². The van der Waals surface area contributed by atoms with Crippen molar-refractivity contribution in [2.75, 3.05) is 0 Å². The van der Waals surface area contributed by atoms with Crippen LogP contribution in [0.1, 0.15) is 36.3 Å². The largest absolute Gasteiger partial charge is 0.299 e. The molecule has 0 heterocycles. The molecule has 17 heavy (non-hydrogen) atoms. The van der Waals surface area contributed by atoms with Crippen LogP contribution in [-0.2, 0) is 9.59 Å². The molecule has 0 aromatic heterocycles. The summed E-state index contributed by atoms with van der Waals surface area (Å²) in [6.45, 7) is 0. The standard InChI is InChI=1S/C13H10ClNO2/c14-13-3-8(7-15)1-2-12(13)9-4-10(16)6-11(17)5-9/h1-3,9H,4-6H2. The van der Waals surface area contributed by atoms with E-state index in [0.29, 0.717) is 23.4 Å². The molecule has 1 aromatic carbocycles. The summed E-state index contributed by atoms with van der Waals surface area (Å²) >= 11 is 6.06. The average molecular weight is 248 g/mol. The number of Topliss-reactive ketones (excluding diaryl/α,β-unsaturated/α-hetero) is 2. The van der Waals surface area contributed by atoms with Gasteiger partial charge in [-0.05, 0) is 23.6 Å². The summed E-state index contributed by atoms with van der Waals surface area (Å²) in [5.74, 6) is -0.206. The van der Waals surface area contributed by atoms with Crippen LogP contribution in [0.5, 0.6) is 0 Å². The highest BCUT2D eigenvalue weighted by molar-refractivity contribution is 6.31. The van der Waals surface area contributed by atoms with Crippen LogP contribution in [0.15, 0.2) is 18.2 Å². The number of carbonyl (C=O) groups excluding carboxylic acids is 2. The molecule has 1 fully saturated rings. The van der Waals surface area contributed by atoms with Crippen molar-refractivity contribution >= 4 is 23.2 Å². The lowest BCUT2D eigenvalue weighted by atomic mass is 9.82. The lowest BCUT2D eigenvalue weighted by Crippen LogP contribution is -2.21. The Morgan fingerprint density at radius 2 is 1.88 bits per heavy atom. The van der Waals surface area contributed by atoms with E-state index >= 15 is 0 Å². The molecule has 0 saturated heterocycles. The third-order valence-electron chi connectivity index (χ3n) is 2.91. The number of hydrogen-bond acceptors (Lipinski definition) is 3. The predicted octanol–water partition coefficient (Wildman–Crippen LogP) is 2.62. The molecule has 3 nitrogen and oxygen atoms in total. The van der Waals surface area contributed by atoms with Crippen LogP contribution < -0.4 is 0 Å². The van der Waals surface area contributed by atoms with Gasteiger partial charge in [0.2, 0.25) is 0 Å². The fraction of sp³-hybridized carbons (Fsp3) is 0.308. The van der Waals surface area contributed by atoms with Gasteiger partial charge in [-0.2, -0.15) is 5.26 Å². The molecular weight excluding hydrogens is 238 g/mol. The minimum Gasteiger partial charge on any atom is -0.299 e. The fourth-order valence-electron chi connectivity index (χ4n) is 2.13. The van der Waals surface area contributed by atoms with Crippen LogP contribution in [0.4, 0.5) is 0 Å². The summed E-state index contributed by atoms with van der Waals surface area (Å²) in [6.07, 6.45) is 0.763. The number of carbonyl (C=O) groups is 2. The highest BCUT2D eigenvalue weighted by Crippen LogP contribution is 2.34. The number of rotatable bonds is 1. The molecule has 1 saturated carbocycles. The van der Waals surface area contributed by atoms with Gasteiger partial charge in [-0.1, -0.05) is 17.7 Å². The van der Waals surface area contributed by atoms with Crippen molar-refractivity contribution in [3.63, 3.8) is 0 Å². The van der Waals surface area contributed by atoms with Crippen molar-refractivity contribution in [2.24, 2.45) is 0 Å². The topological polar surface area (TPSA) is 57.9 Å². The van der Waals surface area contributed by atoms with E-state index in [2.05, 4.69) is 0 Å². The van der Waals surface area contributed by atoms with E-state index < -0.39 is 0 Å². The maximum atomic E-state index is 11.4. The Hall–Kier alpha value is -1.66. The van der Waals surface area contributed by atoms with Crippen LogP contribution >= 0.6 is 11.6 Å². The summed E-state index contributed by atoms with van der Waals surface area (Å²) in [6, 6.07) is 6.96. The van der Waals surface area contributed by atoms with E-state index in [1.54, 1.807) is 18.2 Å².